The summed E-state index contributed by atoms with van der Waals surface area (Å²) in [6.45, 7) is 1.58. The summed E-state index contributed by atoms with van der Waals surface area (Å²) in [6, 6.07) is 9.68. The number of carbonyl (C=O) groups excluding carboxylic acids is 1. The van der Waals surface area contributed by atoms with Crippen LogP contribution in [0.4, 0.5) is 0 Å². The van der Waals surface area contributed by atoms with Gasteiger partial charge in [-0.05, 0) is 38.3 Å². The Balaban J connectivity index is 1.61. The average Bonchev–Trinajstić information content (AvgIpc) is 3.11. The van der Waals surface area contributed by atoms with E-state index >= 15 is 0 Å². The molecule has 1 aromatic heterocycles. The Bertz CT molecular complexity index is 1080. The van der Waals surface area contributed by atoms with Crippen molar-refractivity contribution in [3.05, 3.63) is 69.0 Å². The zero-order valence-electron chi connectivity index (χ0n) is 18.4. The highest BCUT2D eigenvalue weighted by Crippen LogP contribution is 2.47. The third-order valence-corrected chi connectivity index (χ3v) is 5.96. The Labute approximate surface area is 190 Å². The second kappa shape index (κ2) is 9.60. The maximum Gasteiger partial charge on any atom is 0.338 e. The van der Waals surface area contributed by atoms with E-state index in [1.807, 2.05) is 0 Å². The van der Waals surface area contributed by atoms with Gasteiger partial charge < -0.3 is 24.1 Å². The molecule has 0 amide bonds. The molecule has 2 aromatic rings. The number of aromatic nitrogens is 2. The van der Waals surface area contributed by atoms with Gasteiger partial charge in [0.05, 0.1) is 12.2 Å². The monoisotopic (exact) mass is 460 g/mol. The Hall–Kier alpha value is -2.79. The Morgan fingerprint density at radius 1 is 1.24 bits per heavy atom. The summed E-state index contributed by atoms with van der Waals surface area (Å²) in [6.07, 6.45) is 2.48. The number of esters is 1. The summed E-state index contributed by atoms with van der Waals surface area (Å²) in [7, 11) is 0. The first-order chi connectivity index (χ1) is 15.8. The van der Waals surface area contributed by atoms with Crippen molar-refractivity contribution in [2.24, 2.45) is 0 Å². The van der Waals surface area contributed by atoms with Crippen LogP contribution >= 0.6 is 0 Å². The molecule has 33 heavy (non-hydrogen) atoms. The molecule has 178 valence electrons. The Kier molecular flexibility index (Phi) is 6.80. The number of benzene rings is 1. The van der Waals surface area contributed by atoms with Crippen molar-refractivity contribution in [2.45, 2.75) is 56.3 Å². The minimum absolute atomic E-state index is 0.120. The Morgan fingerprint density at radius 3 is 2.70 bits per heavy atom. The zero-order valence-corrected chi connectivity index (χ0v) is 18.4. The van der Waals surface area contributed by atoms with Crippen LogP contribution in [0.25, 0.3) is 0 Å². The van der Waals surface area contributed by atoms with Gasteiger partial charge in [-0.25, -0.2) is 9.59 Å². The molecule has 3 heterocycles. The van der Waals surface area contributed by atoms with Crippen LogP contribution in [0.1, 0.15) is 49.2 Å². The number of aliphatic hydroxyl groups excluding tert-OH is 1. The molecule has 0 radical (unpaired) electrons. The van der Waals surface area contributed by atoms with Crippen LogP contribution < -0.4 is 11.2 Å². The molecule has 10 heteroatoms. The minimum atomic E-state index is -1.33. The van der Waals surface area contributed by atoms with Crippen LogP contribution in [0.5, 0.6) is 0 Å². The SMILES string of the molecule is C[C@@]1(OC2CCCCO2)C[C@](CO)(COC(=O)c2ccccc2)O[C@H]1n1ccc(=O)[nH]c1=O. The minimum Gasteiger partial charge on any atom is -0.459 e. The van der Waals surface area contributed by atoms with Crippen molar-refractivity contribution in [2.75, 3.05) is 19.8 Å². The third-order valence-electron chi connectivity index (χ3n) is 5.96. The van der Waals surface area contributed by atoms with E-state index < -0.39 is 47.5 Å². The first kappa shape index (κ1) is 23.4. The average molecular weight is 460 g/mol. The molecule has 2 aliphatic rings. The van der Waals surface area contributed by atoms with E-state index in [0.717, 1.165) is 12.8 Å². The van der Waals surface area contributed by atoms with Crippen molar-refractivity contribution in [3.8, 4) is 0 Å². The van der Waals surface area contributed by atoms with Crippen LogP contribution in [0.2, 0.25) is 0 Å². The predicted molar refractivity (Wildman–Crippen MR) is 116 cm³/mol. The van der Waals surface area contributed by atoms with Gasteiger partial charge >= 0.3 is 11.7 Å². The molecule has 10 nitrogen and oxygen atoms in total. The van der Waals surface area contributed by atoms with Crippen molar-refractivity contribution in [3.63, 3.8) is 0 Å². The summed E-state index contributed by atoms with van der Waals surface area (Å²) in [5, 5.41) is 10.3. The zero-order chi connectivity index (χ0) is 23.5. The molecule has 4 rings (SSSR count). The van der Waals surface area contributed by atoms with Crippen LogP contribution in [0, 0.1) is 0 Å². The smallest absolute Gasteiger partial charge is 0.338 e. The maximum absolute atomic E-state index is 12.6. The van der Waals surface area contributed by atoms with Crippen LogP contribution in [-0.4, -0.2) is 57.9 Å². The van der Waals surface area contributed by atoms with Gasteiger partial charge in [0, 0.05) is 25.3 Å². The van der Waals surface area contributed by atoms with Crippen LogP contribution in [0.3, 0.4) is 0 Å². The lowest BCUT2D eigenvalue weighted by atomic mass is 9.91. The number of hydrogen-bond donors (Lipinski definition) is 2. The number of carbonyl (C=O) groups is 1. The lowest BCUT2D eigenvalue weighted by Crippen LogP contribution is -2.45. The number of nitrogens with one attached hydrogen (secondary N) is 1. The summed E-state index contributed by atoms with van der Waals surface area (Å²) >= 11 is 0. The molecule has 1 aromatic carbocycles. The van der Waals surface area contributed by atoms with Crippen molar-refractivity contribution in [1.29, 1.82) is 0 Å². The largest absolute Gasteiger partial charge is 0.459 e. The number of aliphatic hydroxyl groups is 1. The molecule has 4 atom stereocenters. The second-order valence-electron chi connectivity index (χ2n) is 8.67. The summed E-state index contributed by atoms with van der Waals surface area (Å²) in [4.78, 5) is 38.8. The van der Waals surface area contributed by atoms with E-state index in [9.17, 15) is 19.5 Å². The first-order valence-corrected chi connectivity index (χ1v) is 11.0. The van der Waals surface area contributed by atoms with Gasteiger partial charge in [0.15, 0.2) is 12.5 Å². The van der Waals surface area contributed by atoms with E-state index in [4.69, 9.17) is 18.9 Å². The molecule has 0 bridgehead atoms. The molecule has 1 unspecified atom stereocenters. The van der Waals surface area contributed by atoms with E-state index in [1.54, 1.807) is 37.3 Å². The van der Waals surface area contributed by atoms with Gasteiger partial charge in [-0.1, -0.05) is 18.2 Å². The second-order valence-corrected chi connectivity index (χ2v) is 8.67. The summed E-state index contributed by atoms with van der Waals surface area (Å²) < 4.78 is 24.9. The summed E-state index contributed by atoms with van der Waals surface area (Å²) in [5.74, 6) is -0.560. The molecule has 2 N–H and O–H groups in total. The Morgan fingerprint density at radius 2 is 2.03 bits per heavy atom. The molecule has 2 aliphatic heterocycles. The van der Waals surface area contributed by atoms with Gasteiger partial charge in [0.1, 0.15) is 17.8 Å². The van der Waals surface area contributed by atoms with E-state index in [-0.39, 0.29) is 13.0 Å². The fraction of sp³-hybridized carbons (Fsp3) is 0.522. The van der Waals surface area contributed by atoms with Crippen LogP contribution in [0.15, 0.2) is 52.2 Å². The normalized spacial score (nSPS) is 29.6. The molecule has 0 spiro atoms. The standard InChI is InChI=1S/C23H28N2O8/c1-22(32-18-9-5-6-12-30-18)13-23(14-26,15-31-19(28)16-7-3-2-4-8-16)33-20(22)25-11-10-17(27)24-21(25)29/h2-4,7-8,10-11,18,20,26H,5-6,9,12-15H2,1H3,(H,24,27,29)/t18?,20-,22-,23+/m1/s1. The highest BCUT2D eigenvalue weighted by molar-refractivity contribution is 5.89. The first-order valence-electron chi connectivity index (χ1n) is 11.0. The highest BCUT2D eigenvalue weighted by Gasteiger charge is 2.57. The van der Waals surface area contributed by atoms with Crippen molar-refractivity contribution in [1.82, 2.24) is 9.55 Å². The molecule has 2 saturated heterocycles. The summed E-state index contributed by atoms with van der Waals surface area (Å²) in [5.41, 5.74) is -3.30. The van der Waals surface area contributed by atoms with Gasteiger partial charge in [-0.15, -0.1) is 0 Å². The lowest BCUT2D eigenvalue weighted by molar-refractivity contribution is -0.243. The van der Waals surface area contributed by atoms with E-state index in [1.165, 1.54) is 16.8 Å². The van der Waals surface area contributed by atoms with Crippen molar-refractivity contribution >= 4 is 5.97 Å². The molecule has 2 fully saturated rings. The van der Waals surface area contributed by atoms with Gasteiger partial charge in [0.2, 0.25) is 0 Å². The highest BCUT2D eigenvalue weighted by atomic mass is 16.7. The third kappa shape index (κ3) is 5.09. The van der Waals surface area contributed by atoms with Gasteiger partial charge in [-0.2, -0.15) is 0 Å². The van der Waals surface area contributed by atoms with Crippen LogP contribution in [-0.2, 0) is 18.9 Å². The number of ether oxygens (including phenoxy) is 4. The quantitative estimate of drug-likeness (QED) is 0.593. The lowest BCUT2D eigenvalue weighted by Gasteiger charge is -2.35. The maximum atomic E-state index is 12.6. The van der Waals surface area contributed by atoms with Gasteiger partial charge in [0.25, 0.3) is 5.56 Å². The molecular formula is C23H28N2O8. The number of rotatable bonds is 7. The number of hydrogen-bond acceptors (Lipinski definition) is 8. The number of aromatic amines is 1. The number of nitrogens with zero attached hydrogens (tertiary/aromatic N) is 1. The van der Waals surface area contributed by atoms with E-state index in [2.05, 4.69) is 4.98 Å². The van der Waals surface area contributed by atoms with Crippen molar-refractivity contribution < 1.29 is 28.8 Å². The fourth-order valence-corrected chi connectivity index (χ4v) is 4.38. The molecule has 0 saturated carbocycles. The van der Waals surface area contributed by atoms with Gasteiger partial charge in [-0.3, -0.25) is 14.3 Å². The predicted octanol–water partition coefficient (Wildman–Crippen LogP) is 1.35. The fourth-order valence-electron chi connectivity index (χ4n) is 4.38. The molecular weight excluding hydrogens is 432 g/mol. The van der Waals surface area contributed by atoms with E-state index in [0.29, 0.717) is 18.6 Å². The topological polar surface area (TPSA) is 129 Å². The number of H-pyrrole nitrogens is 1. The molecule has 0 aliphatic carbocycles.